The van der Waals surface area contributed by atoms with Crippen LogP contribution in [0, 0.1) is 17.3 Å². The second-order valence-corrected chi connectivity index (χ2v) is 5.64. The predicted octanol–water partition coefficient (Wildman–Crippen LogP) is 2.04. The lowest BCUT2D eigenvalue weighted by atomic mass is 9.76. The molecule has 0 saturated heterocycles. The number of amides is 1. The Kier molecular flexibility index (Phi) is 4.54. The van der Waals surface area contributed by atoms with Crippen LogP contribution in [0.5, 0.6) is 0 Å². The highest BCUT2D eigenvalue weighted by atomic mass is 16.4. The number of carboxylic acids is 1. The first-order chi connectivity index (χ1) is 7.86. The van der Waals surface area contributed by atoms with Crippen molar-refractivity contribution in [3.63, 3.8) is 0 Å². The molecule has 1 fully saturated rings. The molecule has 0 radical (unpaired) electrons. The Morgan fingerprint density at radius 1 is 1.41 bits per heavy atom. The highest BCUT2D eigenvalue weighted by Gasteiger charge is 2.38. The Morgan fingerprint density at radius 3 is 2.41 bits per heavy atom. The van der Waals surface area contributed by atoms with E-state index >= 15 is 0 Å². The van der Waals surface area contributed by atoms with E-state index in [-0.39, 0.29) is 18.2 Å². The molecule has 1 atom stereocenters. The van der Waals surface area contributed by atoms with Crippen molar-refractivity contribution in [1.29, 1.82) is 0 Å². The Hall–Kier alpha value is -1.06. The fourth-order valence-electron chi connectivity index (χ4n) is 1.74. The SMILES string of the molecule is CC(C)C(C)(CC(=O)NCCC1CC1)C(=O)O. The summed E-state index contributed by atoms with van der Waals surface area (Å²) in [5.74, 6) is -0.325. The topological polar surface area (TPSA) is 66.4 Å². The molecule has 1 rings (SSSR count). The van der Waals surface area contributed by atoms with E-state index in [2.05, 4.69) is 5.32 Å². The number of hydrogen-bond acceptors (Lipinski definition) is 2. The number of carbonyl (C=O) groups excluding carboxylic acids is 1. The number of rotatable bonds is 7. The first kappa shape index (κ1) is 14.0. The molecule has 0 bridgehead atoms. The molecule has 98 valence electrons. The van der Waals surface area contributed by atoms with Crippen LogP contribution in [-0.4, -0.2) is 23.5 Å². The summed E-state index contributed by atoms with van der Waals surface area (Å²) in [5, 5.41) is 12.0. The Morgan fingerprint density at radius 2 is 2.00 bits per heavy atom. The van der Waals surface area contributed by atoms with Gasteiger partial charge in [0.2, 0.25) is 5.91 Å². The van der Waals surface area contributed by atoms with Crippen molar-refractivity contribution in [3.8, 4) is 0 Å². The van der Waals surface area contributed by atoms with Crippen molar-refractivity contribution >= 4 is 11.9 Å². The zero-order valence-corrected chi connectivity index (χ0v) is 11.0. The molecule has 4 heteroatoms. The monoisotopic (exact) mass is 241 g/mol. The van der Waals surface area contributed by atoms with Crippen molar-refractivity contribution in [2.24, 2.45) is 17.3 Å². The van der Waals surface area contributed by atoms with Crippen LogP contribution in [0.2, 0.25) is 0 Å². The minimum atomic E-state index is -0.969. The third-order valence-corrected chi connectivity index (χ3v) is 3.86. The molecule has 2 N–H and O–H groups in total. The van der Waals surface area contributed by atoms with Gasteiger partial charge in [0.25, 0.3) is 0 Å². The third-order valence-electron chi connectivity index (χ3n) is 3.86. The van der Waals surface area contributed by atoms with Crippen LogP contribution in [0.25, 0.3) is 0 Å². The molecule has 1 unspecified atom stereocenters. The summed E-state index contributed by atoms with van der Waals surface area (Å²) >= 11 is 0. The molecule has 0 aromatic rings. The number of aliphatic carboxylic acids is 1. The predicted molar refractivity (Wildman–Crippen MR) is 65.5 cm³/mol. The lowest BCUT2D eigenvalue weighted by molar-refractivity contribution is -0.153. The van der Waals surface area contributed by atoms with E-state index in [1.54, 1.807) is 6.92 Å². The molecule has 0 aromatic carbocycles. The van der Waals surface area contributed by atoms with Crippen LogP contribution in [0.1, 0.15) is 46.5 Å². The van der Waals surface area contributed by atoms with Crippen LogP contribution in [0.15, 0.2) is 0 Å². The van der Waals surface area contributed by atoms with Crippen LogP contribution in [-0.2, 0) is 9.59 Å². The van der Waals surface area contributed by atoms with Crippen molar-refractivity contribution < 1.29 is 14.7 Å². The summed E-state index contributed by atoms with van der Waals surface area (Å²) in [7, 11) is 0. The number of nitrogens with one attached hydrogen (secondary N) is 1. The van der Waals surface area contributed by atoms with Gasteiger partial charge in [0.15, 0.2) is 0 Å². The molecular formula is C13H23NO3. The second kappa shape index (κ2) is 5.52. The first-order valence-electron chi connectivity index (χ1n) is 6.36. The van der Waals surface area contributed by atoms with Gasteiger partial charge in [-0.3, -0.25) is 9.59 Å². The first-order valence-corrected chi connectivity index (χ1v) is 6.36. The normalized spacial score (nSPS) is 18.8. The lowest BCUT2D eigenvalue weighted by Crippen LogP contribution is -2.39. The van der Waals surface area contributed by atoms with Gasteiger partial charge in [0, 0.05) is 13.0 Å². The average Bonchev–Trinajstić information content (AvgIpc) is 3.00. The van der Waals surface area contributed by atoms with E-state index in [1.807, 2.05) is 13.8 Å². The minimum absolute atomic E-state index is 0.0602. The smallest absolute Gasteiger partial charge is 0.310 e. The van der Waals surface area contributed by atoms with Crippen molar-refractivity contribution in [2.45, 2.75) is 46.5 Å². The number of carbonyl (C=O) groups is 2. The molecule has 0 heterocycles. The maximum atomic E-state index is 11.7. The largest absolute Gasteiger partial charge is 0.481 e. The van der Waals surface area contributed by atoms with E-state index < -0.39 is 11.4 Å². The molecule has 0 aromatic heterocycles. The van der Waals surface area contributed by atoms with Gasteiger partial charge in [-0.2, -0.15) is 0 Å². The maximum Gasteiger partial charge on any atom is 0.310 e. The third kappa shape index (κ3) is 4.02. The quantitative estimate of drug-likeness (QED) is 0.716. The fourth-order valence-corrected chi connectivity index (χ4v) is 1.74. The molecule has 17 heavy (non-hydrogen) atoms. The van der Waals surface area contributed by atoms with E-state index in [0.29, 0.717) is 6.54 Å². The van der Waals surface area contributed by atoms with Crippen LogP contribution >= 0.6 is 0 Å². The highest BCUT2D eigenvalue weighted by molar-refractivity contribution is 5.84. The Balaban J connectivity index is 2.37. The van der Waals surface area contributed by atoms with Gasteiger partial charge in [-0.15, -0.1) is 0 Å². The molecule has 0 aliphatic heterocycles. The molecule has 1 amide bonds. The van der Waals surface area contributed by atoms with Gasteiger partial charge in [-0.25, -0.2) is 0 Å². The molecule has 1 aliphatic rings. The minimum Gasteiger partial charge on any atom is -0.481 e. The number of hydrogen-bond donors (Lipinski definition) is 2. The zero-order valence-electron chi connectivity index (χ0n) is 11.0. The van der Waals surface area contributed by atoms with E-state index in [1.165, 1.54) is 12.8 Å². The van der Waals surface area contributed by atoms with Crippen molar-refractivity contribution in [3.05, 3.63) is 0 Å². The molecule has 1 saturated carbocycles. The zero-order chi connectivity index (χ0) is 13.1. The lowest BCUT2D eigenvalue weighted by Gasteiger charge is -2.28. The summed E-state index contributed by atoms with van der Waals surface area (Å²) < 4.78 is 0. The summed E-state index contributed by atoms with van der Waals surface area (Å²) in [6.45, 7) is 5.99. The molecule has 1 aliphatic carbocycles. The number of carboxylic acid groups (broad SMARTS) is 1. The van der Waals surface area contributed by atoms with Crippen LogP contribution < -0.4 is 5.32 Å². The average molecular weight is 241 g/mol. The van der Waals surface area contributed by atoms with Gasteiger partial charge >= 0.3 is 5.97 Å². The maximum absolute atomic E-state index is 11.7. The fraction of sp³-hybridized carbons (Fsp3) is 0.846. The van der Waals surface area contributed by atoms with Gasteiger partial charge in [-0.05, 0) is 25.2 Å². The van der Waals surface area contributed by atoms with E-state index in [0.717, 1.165) is 12.3 Å². The molecule has 4 nitrogen and oxygen atoms in total. The molecule has 0 spiro atoms. The van der Waals surface area contributed by atoms with E-state index in [4.69, 9.17) is 0 Å². The van der Waals surface area contributed by atoms with Gasteiger partial charge in [0.1, 0.15) is 0 Å². The van der Waals surface area contributed by atoms with E-state index in [9.17, 15) is 14.7 Å². The molecular weight excluding hydrogens is 218 g/mol. The summed E-state index contributed by atoms with van der Waals surface area (Å²) in [6, 6.07) is 0. The van der Waals surface area contributed by atoms with Gasteiger partial charge in [-0.1, -0.05) is 26.7 Å². The Bertz CT molecular complexity index is 297. The van der Waals surface area contributed by atoms with Crippen LogP contribution in [0.3, 0.4) is 0 Å². The summed E-state index contributed by atoms with van der Waals surface area (Å²) in [6.07, 6.45) is 3.63. The summed E-state index contributed by atoms with van der Waals surface area (Å²) in [5.41, 5.74) is -0.969. The van der Waals surface area contributed by atoms with Gasteiger partial charge < -0.3 is 10.4 Å². The van der Waals surface area contributed by atoms with Crippen molar-refractivity contribution in [1.82, 2.24) is 5.32 Å². The second-order valence-electron chi connectivity index (χ2n) is 5.64. The van der Waals surface area contributed by atoms with Crippen molar-refractivity contribution in [2.75, 3.05) is 6.54 Å². The van der Waals surface area contributed by atoms with Gasteiger partial charge in [0.05, 0.1) is 5.41 Å². The van der Waals surface area contributed by atoms with Crippen LogP contribution in [0.4, 0.5) is 0 Å². The summed E-state index contributed by atoms with van der Waals surface area (Å²) in [4.78, 5) is 22.9. The highest BCUT2D eigenvalue weighted by Crippen LogP contribution is 2.32. The Labute approximate surface area is 103 Å². The standard InChI is InChI=1S/C13H23NO3/c1-9(2)13(3,12(16)17)8-11(15)14-7-6-10-4-5-10/h9-10H,4-8H2,1-3H3,(H,14,15)(H,16,17).